The number of carbonyl (C=O) groups excluding carboxylic acids is 1. The van der Waals surface area contributed by atoms with Crippen LogP contribution in [0, 0.1) is 0 Å². The molecule has 2 aromatic rings. The van der Waals surface area contributed by atoms with Gasteiger partial charge in [-0.1, -0.05) is 31.5 Å². The van der Waals surface area contributed by atoms with E-state index in [0.717, 1.165) is 29.3 Å². The number of hydrogen-bond donors (Lipinski definition) is 0. The highest BCUT2D eigenvalue weighted by atomic mass is 127. The van der Waals surface area contributed by atoms with Crippen molar-refractivity contribution in [3.05, 3.63) is 35.5 Å². The Morgan fingerprint density at radius 2 is 2.11 bits per heavy atom. The maximum Gasteiger partial charge on any atom is 0.356 e. The SMILES string of the molecule is CCCc1c(C(=O)OCC)n(SI)c2ccccc12. The molecule has 1 aromatic carbocycles. The quantitative estimate of drug-likeness (QED) is 0.553. The third-order valence-electron chi connectivity index (χ3n) is 2.97. The highest BCUT2D eigenvalue weighted by molar-refractivity contribution is 14.2. The second-order valence-electron chi connectivity index (χ2n) is 4.18. The van der Waals surface area contributed by atoms with Crippen molar-refractivity contribution in [1.82, 2.24) is 3.97 Å². The van der Waals surface area contributed by atoms with E-state index in [1.165, 1.54) is 9.12 Å². The number of benzene rings is 1. The van der Waals surface area contributed by atoms with Crippen molar-refractivity contribution in [1.29, 1.82) is 0 Å². The van der Waals surface area contributed by atoms with Crippen LogP contribution in [0.4, 0.5) is 0 Å². The smallest absolute Gasteiger partial charge is 0.356 e. The Bertz CT molecular complexity index is 594. The van der Waals surface area contributed by atoms with Crippen LogP contribution in [0.25, 0.3) is 10.9 Å². The summed E-state index contributed by atoms with van der Waals surface area (Å²) in [6.07, 6.45) is 1.89. The van der Waals surface area contributed by atoms with E-state index in [2.05, 4.69) is 34.2 Å². The fraction of sp³-hybridized carbons (Fsp3) is 0.357. The highest BCUT2D eigenvalue weighted by Crippen LogP contribution is 2.33. The first kappa shape index (κ1) is 14.7. The molecule has 0 atom stereocenters. The largest absolute Gasteiger partial charge is 0.461 e. The summed E-state index contributed by atoms with van der Waals surface area (Å²) in [5.41, 5.74) is 2.86. The number of fused-ring (bicyclic) bond motifs is 1. The Kier molecular flexibility index (Phi) is 5.15. The molecule has 0 aliphatic carbocycles. The molecule has 3 nitrogen and oxygen atoms in total. The summed E-state index contributed by atoms with van der Waals surface area (Å²) in [4.78, 5) is 12.2. The molecule has 0 amide bonds. The zero-order valence-corrected chi connectivity index (χ0v) is 14.0. The number of carbonyl (C=O) groups is 1. The van der Waals surface area contributed by atoms with E-state index in [-0.39, 0.29) is 5.97 Å². The van der Waals surface area contributed by atoms with Crippen molar-refractivity contribution in [2.75, 3.05) is 6.61 Å². The third-order valence-corrected chi connectivity index (χ3v) is 4.67. The number of aryl methyl sites for hydroxylation is 1. The molecule has 1 heterocycles. The zero-order valence-electron chi connectivity index (χ0n) is 11.0. The Hall–Kier alpha value is -0.690. The van der Waals surface area contributed by atoms with E-state index in [1.54, 1.807) is 0 Å². The fourth-order valence-electron chi connectivity index (χ4n) is 2.26. The summed E-state index contributed by atoms with van der Waals surface area (Å²) in [6.45, 7) is 4.36. The maximum absolute atomic E-state index is 12.2. The summed E-state index contributed by atoms with van der Waals surface area (Å²) in [6, 6.07) is 8.13. The number of halogens is 1. The molecule has 102 valence electrons. The molecule has 0 unspecified atom stereocenters. The van der Waals surface area contributed by atoms with Crippen LogP contribution in [0.3, 0.4) is 0 Å². The van der Waals surface area contributed by atoms with E-state index in [1.807, 2.05) is 29.1 Å². The van der Waals surface area contributed by atoms with Crippen LogP contribution in [-0.2, 0) is 11.2 Å². The van der Waals surface area contributed by atoms with Crippen LogP contribution < -0.4 is 0 Å². The molecular formula is C14H16INO2S. The van der Waals surface area contributed by atoms with Crippen molar-refractivity contribution in [2.45, 2.75) is 26.7 Å². The molecule has 0 saturated carbocycles. The van der Waals surface area contributed by atoms with Gasteiger partial charge < -0.3 is 4.74 Å². The van der Waals surface area contributed by atoms with E-state index in [0.29, 0.717) is 12.3 Å². The van der Waals surface area contributed by atoms with Crippen LogP contribution in [-0.4, -0.2) is 16.5 Å². The first-order valence-corrected chi connectivity index (χ1v) is 9.64. The lowest BCUT2D eigenvalue weighted by Gasteiger charge is -2.07. The number of nitrogens with zero attached hydrogens (tertiary/aromatic N) is 1. The van der Waals surface area contributed by atoms with E-state index >= 15 is 0 Å². The summed E-state index contributed by atoms with van der Waals surface area (Å²) in [5, 5.41) is 1.15. The zero-order chi connectivity index (χ0) is 13.8. The van der Waals surface area contributed by atoms with Gasteiger partial charge in [0, 0.05) is 35.7 Å². The minimum atomic E-state index is -0.230. The topological polar surface area (TPSA) is 31.2 Å². The Morgan fingerprint density at radius 1 is 1.37 bits per heavy atom. The normalized spacial score (nSPS) is 10.9. The van der Waals surface area contributed by atoms with E-state index in [4.69, 9.17) is 4.74 Å². The van der Waals surface area contributed by atoms with E-state index in [9.17, 15) is 4.79 Å². The molecule has 0 aliphatic heterocycles. The maximum atomic E-state index is 12.2. The molecule has 19 heavy (non-hydrogen) atoms. The predicted molar refractivity (Wildman–Crippen MR) is 88.9 cm³/mol. The molecule has 0 N–H and O–H groups in total. The molecular weight excluding hydrogens is 373 g/mol. The minimum Gasteiger partial charge on any atom is -0.461 e. The van der Waals surface area contributed by atoms with Gasteiger partial charge in [0.05, 0.1) is 12.1 Å². The fourth-order valence-corrected chi connectivity index (χ4v) is 3.97. The lowest BCUT2D eigenvalue weighted by atomic mass is 10.1. The van der Waals surface area contributed by atoms with Gasteiger partial charge in [0.15, 0.2) is 0 Å². The van der Waals surface area contributed by atoms with Crippen LogP contribution >= 0.6 is 30.3 Å². The van der Waals surface area contributed by atoms with Gasteiger partial charge in [0.25, 0.3) is 0 Å². The Labute approximate surface area is 129 Å². The summed E-state index contributed by atoms with van der Waals surface area (Å²) >= 11 is 2.20. The predicted octanol–water partition coefficient (Wildman–Crippen LogP) is 4.62. The molecule has 0 aliphatic rings. The van der Waals surface area contributed by atoms with Gasteiger partial charge >= 0.3 is 5.97 Å². The molecule has 2 rings (SSSR count). The summed E-state index contributed by atoms with van der Waals surface area (Å²) in [5.74, 6) is -0.230. The molecule has 0 saturated heterocycles. The van der Waals surface area contributed by atoms with Crippen molar-refractivity contribution in [3.63, 3.8) is 0 Å². The highest BCUT2D eigenvalue weighted by Gasteiger charge is 2.23. The van der Waals surface area contributed by atoms with Crippen LogP contribution in [0.1, 0.15) is 36.3 Å². The van der Waals surface area contributed by atoms with E-state index < -0.39 is 0 Å². The molecule has 0 radical (unpaired) electrons. The van der Waals surface area contributed by atoms with Crippen molar-refractivity contribution < 1.29 is 9.53 Å². The molecule has 0 fully saturated rings. The molecule has 0 bridgehead atoms. The number of esters is 1. The summed E-state index contributed by atoms with van der Waals surface area (Å²) in [7, 11) is 1.51. The lowest BCUT2D eigenvalue weighted by Crippen LogP contribution is -2.11. The first-order valence-electron chi connectivity index (χ1n) is 6.33. The Balaban J connectivity index is 2.70. The van der Waals surface area contributed by atoms with Crippen molar-refractivity contribution >= 4 is 47.2 Å². The van der Waals surface area contributed by atoms with Crippen LogP contribution in [0.5, 0.6) is 0 Å². The lowest BCUT2D eigenvalue weighted by molar-refractivity contribution is 0.0518. The number of ether oxygens (including phenoxy) is 1. The number of rotatable bonds is 5. The number of para-hydroxylation sites is 1. The standard InChI is InChI=1S/C14H16INO2S/c1-3-7-11-10-8-5-6-9-12(10)16(19-15)13(11)14(17)18-4-2/h5-6,8-9H,3-4,7H2,1-2H3. The monoisotopic (exact) mass is 389 g/mol. The second kappa shape index (κ2) is 6.65. The van der Waals surface area contributed by atoms with Crippen molar-refractivity contribution in [2.24, 2.45) is 0 Å². The van der Waals surface area contributed by atoms with Gasteiger partial charge in [-0.3, -0.25) is 3.97 Å². The van der Waals surface area contributed by atoms with Gasteiger partial charge in [-0.2, -0.15) is 0 Å². The van der Waals surface area contributed by atoms with Gasteiger partial charge in [-0.15, -0.1) is 0 Å². The van der Waals surface area contributed by atoms with Gasteiger partial charge in [-0.25, -0.2) is 4.79 Å². The second-order valence-corrected chi connectivity index (χ2v) is 5.86. The van der Waals surface area contributed by atoms with Gasteiger partial charge in [0.2, 0.25) is 0 Å². The molecule has 1 aromatic heterocycles. The Morgan fingerprint density at radius 3 is 2.74 bits per heavy atom. The first-order chi connectivity index (χ1) is 9.24. The van der Waals surface area contributed by atoms with Crippen LogP contribution in [0.2, 0.25) is 0 Å². The number of aromatic nitrogens is 1. The van der Waals surface area contributed by atoms with Crippen molar-refractivity contribution in [3.8, 4) is 0 Å². The van der Waals surface area contributed by atoms with Gasteiger partial charge in [0.1, 0.15) is 5.69 Å². The van der Waals surface area contributed by atoms with Gasteiger partial charge in [-0.05, 0) is 25.0 Å². The number of hydrogen-bond acceptors (Lipinski definition) is 3. The molecule has 5 heteroatoms. The minimum absolute atomic E-state index is 0.230. The third kappa shape index (κ3) is 2.76. The summed E-state index contributed by atoms with van der Waals surface area (Å²) < 4.78 is 7.18. The van der Waals surface area contributed by atoms with Crippen LogP contribution in [0.15, 0.2) is 24.3 Å². The molecule has 0 spiro atoms. The average molecular weight is 389 g/mol. The average Bonchev–Trinajstić information content (AvgIpc) is 2.74.